The first-order chi connectivity index (χ1) is 14.0. The van der Waals surface area contributed by atoms with E-state index in [9.17, 15) is 9.59 Å². The van der Waals surface area contributed by atoms with Crippen molar-refractivity contribution in [2.75, 3.05) is 11.6 Å². The molecule has 6 heteroatoms. The number of hydrogen-bond donors (Lipinski definition) is 2. The molecule has 0 saturated heterocycles. The van der Waals surface area contributed by atoms with E-state index in [1.54, 1.807) is 48.3 Å². The van der Waals surface area contributed by atoms with Gasteiger partial charge in [-0.1, -0.05) is 29.8 Å². The average Bonchev–Trinajstić information content (AvgIpc) is 2.74. The third kappa shape index (κ3) is 5.80. The normalized spacial score (nSPS) is 10.7. The van der Waals surface area contributed by atoms with Gasteiger partial charge in [0, 0.05) is 21.7 Å². The smallest absolute Gasteiger partial charge is 0.271 e. The molecule has 5 nitrogen and oxygen atoms in total. The molecule has 2 N–H and O–H groups in total. The number of anilines is 1. The van der Waals surface area contributed by atoms with Crippen LogP contribution in [-0.4, -0.2) is 24.3 Å². The van der Waals surface area contributed by atoms with Crippen LogP contribution in [0.4, 0.5) is 5.69 Å². The summed E-state index contributed by atoms with van der Waals surface area (Å²) in [6, 6.07) is 21.9. The Labute approximate surface area is 174 Å². The van der Waals surface area contributed by atoms with E-state index in [4.69, 9.17) is 0 Å². The maximum atomic E-state index is 12.3. The van der Waals surface area contributed by atoms with Crippen molar-refractivity contribution < 1.29 is 9.59 Å². The van der Waals surface area contributed by atoms with Gasteiger partial charge in [-0.25, -0.2) is 5.43 Å². The molecule has 0 bridgehead atoms. The van der Waals surface area contributed by atoms with Crippen molar-refractivity contribution in [1.29, 1.82) is 0 Å². The van der Waals surface area contributed by atoms with Crippen molar-refractivity contribution in [2.45, 2.75) is 11.8 Å². The quantitative estimate of drug-likeness (QED) is 0.355. The molecule has 2 amide bonds. The number of nitrogens with one attached hydrogen (secondary N) is 2. The van der Waals surface area contributed by atoms with Gasteiger partial charge < -0.3 is 5.32 Å². The van der Waals surface area contributed by atoms with Crippen LogP contribution in [0, 0.1) is 6.92 Å². The topological polar surface area (TPSA) is 70.6 Å². The van der Waals surface area contributed by atoms with Gasteiger partial charge in [0.1, 0.15) is 0 Å². The summed E-state index contributed by atoms with van der Waals surface area (Å²) in [5.74, 6) is -0.512. The van der Waals surface area contributed by atoms with E-state index in [-0.39, 0.29) is 11.8 Å². The van der Waals surface area contributed by atoms with Crippen LogP contribution in [0.3, 0.4) is 0 Å². The standard InChI is InChI=1S/C23H21N3O2S/c1-16-4-3-5-19(14-16)22(27)25-20-10-8-18(9-11-20)23(28)26-24-15-17-6-12-21(29-2)13-7-17/h3-15H,1-2H3,(H,25,27)(H,26,28)/b24-15+. The Morgan fingerprint density at radius 2 is 1.62 bits per heavy atom. The zero-order chi connectivity index (χ0) is 20.6. The number of carbonyl (C=O) groups is 2. The Bertz CT molecular complexity index is 1030. The van der Waals surface area contributed by atoms with Gasteiger partial charge in [0.2, 0.25) is 0 Å². The van der Waals surface area contributed by atoms with Crippen LogP contribution in [0.15, 0.2) is 82.8 Å². The summed E-state index contributed by atoms with van der Waals surface area (Å²) in [6.07, 6.45) is 3.61. The third-order valence-electron chi connectivity index (χ3n) is 4.18. The number of hydrazone groups is 1. The number of rotatable bonds is 6. The number of aryl methyl sites for hydroxylation is 1. The molecule has 29 heavy (non-hydrogen) atoms. The molecule has 0 radical (unpaired) electrons. The lowest BCUT2D eigenvalue weighted by atomic mass is 10.1. The number of nitrogens with zero attached hydrogens (tertiary/aromatic N) is 1. The molecular formula is C23H21N3O2S. The summed E-state index contributed by atoms with van der Waals surface area (Å²) in [6.45, 7) is 1.94. The Morgan fingerprint density at radius 3 is 2.28 bits per heavy atom. The van der Waals surface area contributed by atoms with Gasteiger partial charge >= 0.3 is 0 Å². The molecule has 0 aromatic heterocycles. The van der Waals surface area contributed by atoms with E-state index in [0.29, 0.717) is 16.8 Å². The molecule has 0 aliphatic rings. The molecule has 0 heterocycles. The molecule has 3 aromatic rings. The molecule has 0 aliphatic heterocycles. The third-order valence-corrected chi connectivity index (χ3v) is 4.92. The zero-order valence-corrected chi connectivity index (χ0v) is 17.0. The SMILES string of the molecule is CSc1ccc(/C=N/NC(=O)c2ccc(NC(=O)c3cccc(C)c3)cc2)cc1. The summed E-state index contributed by atoms with van der Waals surface area (Å²) in [7, 11) is 0. The first kappa shape index (κ1) is 20.4. The van der Waals surface area contributed by atoms with Crippen LogP contribution in [-0.2, 0) is 0 Å². The lowest BCUT2D eigenvalue weighted by molar-refractivity contribution is 0.0954. The largest absolute Gasteiger partial charge is 0.322 e. The molecule has 0 aliphatic carbocycles. The molecule has 3 rings (SSSR count). The van der Waals surface area contributed by atoms with E-state index >= 15 is 0 Å². The van der Waals surface area contributed by atoms with Gasteiger partial charge in [-0.05, 0) is 67.3 Å². The monoisotopic (exact) mass is 403 g/mol. The average molecular weight is 404 g/mol. The van der Waals surface area contributed by atoms with Gasteiger partial charge in [0.05, 0.1) is 6.21 Å². The van der Waals surface area contributed by atoms with Crippen LogP contribution in [0.1, 0.15) is 31.8 Å². The van der Waals surface area contributed by atoms with Crippen LogP contribution in [0.25, 0.3) is 0 Å². The fourth-order valence-corrected chi connectivity index (χ4v) is 3.02. The molecule has 0 unspecified atom stereocenters. The van der Waals surface area contributed by atoms with Crippen LogP contribution in [0.5, 0.6) is 0 Å². The number of carbonyl (C=O) groups excluding carboxylic acids is 2. The van der Waals surface area contributed by atoms with Crippen LogP contribution < -0.4 is 10.7 Å². The summed E-state index contributed by atoms with van der Waals surface area (Å²) < 4.78 is 0. The molecular weight excluding hydrogens is 382 g/mol. The van der Waals surface area contributed by atoms with Crippen LogP contribution >= 0.6 is 11.8 Å². The second-order valence-corrected chi connectivity index (χ2v) is 7.25. The Morgan fingerprint density at radius 1 is 0.897 bits per heavy atom. The molecule has 0 fully saturated rings. The highest BCUT2D eigenvalue weighted by Crippen LogP contribution is 2.14. The summed E-state index contributed by atoms with van der Waals surface area (Å²) in [4.78, 5) is 25.7. The predicted octanol–water partition coefficient (Wildman–Crippen LogP) is 4.73. The molecule has 3 aromatic carbocycles. The molecule has 0 spiro atoms. The predicted molar refractivity (Wildman–Crippen MR) is 119 cm³/mol. The second kappa shape index (κ2) is 9.71. The minimum atomic E-state index is -0.321. The van der Waals surface area contributed by atoms with Crippen molar-refractivity contribution in [1.82, 2.24) is 5.43 Å². The molecule has 0 atom stereocenters. The van der Waals surface area contributed by atoms with E-state index in [2.05, 4.69) is 15.8 Å². The fourth-order valence-electron chi connectivity index (χ4n) is 2.61. The van der Waals surface area contributed by atoms with Gasteiger partial charge in [-0.15, -0.1) is 11.8 Å². The van der Waals surface area contributed by atoms with E-state index in [1.807, 2.05) is 55.6 Å². The van der Waals surface area contributed by atoms with E-state index in [0.717, 1.165) is 11.1 Å². The van der Waals surface area contributed by atoms with Crippen LogP contribution in [0.2, 0.25) is 0 Å². The summed E-state index contributed by atoms with van der Waals surface area (Å²) >= 11 is 1.67. The minimum absolute atomic E-state index is 0.192. The van der Waals surface area contributed by atoms with Gasteiger partial charge in [-0.2, -0.15) is 5.10 Å². The molecule has 0 saturated carbocycles. The second-order valence-electron chi connectivity index (χ2n) is 6.37. The number of amides is 2. The molecule has 146 valence electrons. The highest BCUT2D eigenvalue weighted by atomic mass is 32.2. The van der Waals surface area contributed by atoms with E-state index < -0.39 is 0 Å². The summed E-state index contributed by atoms with van der Waals surface area (Å²) in [5, 5.41) is 6.81. The summed E-state index contributed by atoms with van der Waals surface area (Å²) in [5.41, 5.74) is 6.08. The first-order valence-electron chi connectivity index (χ1n) is 9.01. The van der Waals surface area contributed by atoms with Crippen molar-refractivity contribution in [2.24, 2.45) is 5.10 Å². The van der Waals surface area contributed by atoms with Crippen molar-refractivity contribution >= 4 is 35.5 Å². The number of thioether (sulfide) groups is 1. The maximum Gasteiger partial charge on any atom is 0.271 e. The zero-order valence-electron chi connectivity index (χ0n) is 16.2. The number of benzene rings is 3. The Balaban J connectivity index is 1.56. The lowest BCUT2D eigenvalue weighted by Crippen LogP contribution is -2.17. The minimum Gasteiger partial charge on any atom is -0.322 e. The Kier molecular flexibility index (Phi) is 6.81. The van der Waals surface area contributed by atoms with Gasteiger partial charge in [0.15, 0.2) is 0 Å². The lowest BCUT2D eigenvalue weighted by Gasteiger charge is -2.07. The number of hydrogen-bond acceptors (Lipinski definition) is 4. The first-order valence-corrected chi connectivity index (χ1v) is 10.2. The maximum absolute atomic E-state index is 12.3. The fraction of sp³-hybridized carbons (Fsp3) is 0.0870. The van der Waals surface area contributed by atoms with Crippen molar-refractivity contribution in [3.63, 3.8) is 0 Å². The van der Waals surface area contributed by atoms with Gasteiger partial charge in [-0.3, -0.25) is 9.59 Å². The van der Waals surface area contributed by atoms with Crippen molar-refractivity contribution in [3.05, 3.63) is 95.1 Å². The van der Waals surface area contributed by atoms with E-state index in [1.165, 1.54) is 4.90 Å². The van der Waals surface area contributed by atoms with Crippen molar-refractivity contribution in [3.8, 4) is 0 Å². The highest BCUT2D eigenvalue weighted by molar-refractivity contribution is 7.98. The van der Waals surface area contributed by atoms with Gasteiger partial charge in [0.25, 0.3) is 11.8 Å². The Hall–Kier alpha value is -3.38. The highest BCUT2D eigenvalue weighted by Gasteiger charge is 2.08.